The molecular formula is C13H22N4. The fourth-order valence-corrected chi connectivity index (χ4v) is 3.78. The van der Waals surface area contributed by atoms with Crippen LogP contribution in [0, 0.1) is 17.8 Å². The molecule has 4 heteroatoms. The largest absolute Gasteiger partial charge is 0.276 e. The minimum absolute atomic E-state index is 0.505. The van der Waals surface area contributed by atoms with Gasteiger partial charge in [-0.1, -0.05) is 6.42 Å². The topological polar surface area (TPSA) is 55.9 Å². The van der Waals surface area contributed by atoms with Crippen LogP contribution in [-0.2, 0) is 13.5 Å². The fraction of sp³-hybridized carbons (Fsp3) is 0.769. The molecule has 0 spiro atoms. The van der Waals surface area contributed by atoms with E-state index in [0.29, 0.717) is 6.04 Å². The van der Waals surface area contributed by atoms with Crippen molar-refractivity contribution in [1.29, 1.82) is 0 Å². The molecule has 17 heavy (non-hydrogen) atoms. The van der Waals surface area contributed by atoms with E-state index in [1.807, 2.05) is 17.9 Å². The summed E-state index contributed by atoms with van der Waals surface area (Å²) in [5.74, 6) is 8.52. The third-order valence-corrected chi connectivity index (χ3v) is 4.65. The zero-order chi connectivity index (χ0) is 11.8. The highest BCUT2D eigenvalue weighted by molar-refractivity contribution is 5.08. The van der Waals surface area contributed by atoms with Crippen molar-refractivity contribution in [2.24, 2.45) is 30.6 Å². The van der Waals surface area contributed by atoms with Crippen LogP contribution in [0.4, 0.5) is 0 Å². The van der Waals surface area contributed by atoms with Gasteiger partial charge in [-0.15, -0.1) is 0 Å². The van der Waals surface area contributed by atoms with Crippen LogP contribution in [0.15, 0.2) is 12.4 Å². The van der Waals surface area contributed by atoms with Crippen LogP contribution < -0.4 is 11.3 Å². The monoisotopic (exact) mass is 234 g/mol. The molecule has 2 aliphatic rings. The quantitative estimate of drug-likeness (QED) is 0.595. The molecule has 0 amide bonds. The molecule has 0 bridgehead atoms. The maximum Gasteiger partial charge on any atom is 0.0521 e. The van der Waals surface area contributed by atoms with Gasteiger partial charge in [-0.05, 0) is 49.0 Å². The maximum atomic E-state index is 5.72. The maximum absolute atomic E-state index is 5.72. The van der Waals surface area contributed by atoms with Gasteiger partial charge in [0.15, 0.2) is 0 Å². The Hall–Kier alpha value is -0.870. The first-order valence-corrected chi connectivity index (χ1v) is 6.73. The van der Waals surface area contributed by atoms with E-state index in [-0.39, 0.29) is 0 Å². The number of fused-ring (bicyclic) bond motifs is 1. The molecule has 0 saturated heterocycles. The highest BCUT2D eigenvalue weighted by Gasteiger charge is 2.55. The number of nitrogens with two attached hydrogens (primary N) is 1. The van der Waals surface area contributed by atoms with Crippen molar-refractivity contribution in [3.63, 3.8) is 0 Å². The third-order valence-electron chi connectivity index (χ3n) is 4.65. The first kappa shape index (κ1) is 11.2. The van der Waals surface area contributed by atoms with E-state index in [4.69, 9.17) is 5.84 Å². The molecule has 0 aliphatic heterocycles. The van der Waals surface area contributed by atoms with Gasteiger partial charge in [-0.25, -0.2) is 0 Å². The number of aromatic nitrogens is 2. The fourth-order valence-electron chi connectivity index (χ4n) is 3.78. The summed E-state index contributed by atoms with van der Waals surface area (Å²) in [6.07, 6.45) is 10.6. The van der Waals surface area contributed by atoms with Gasteiger partial charge in [0.2, 0.25) is 0 Å². The molecule has 1 aromatic rings. The van der Waals surface area contributed by atoms with Gasteiger partial charge in [0.25, 0.3) is 0 Å². The van der Waals surface area contributed by atoms with Crippen molar-refractivity contribution >= 4 is 0 Å². The number of nitrogens with one attached hydrogen (secondary N) is 1. The molecule has 3 rings (SSSR count). The molecule has 3 atom stereocenters. The number of aryl methyl sites for hydroxylation is 2. The lowest BCUT2D eigenvalue weighted by Crippen LogP contribution is -2.38. The second kappa shape index (κ2) is 4.42. The predicted octanol–water partition coefficient (Wildman–Crippen LogP) is 1.23. The van der Waals surface area contributed by atoms with Gasteiger partial charge >= 0.3 is 0 Å². The van der Waals surface area contributed by atoms with Gasteiger partial charge in [0.05, 0.1) is 6.20 Å². The third kappa shape index (κ3) is 2.11. The standard InChI is InChI=1S/C13H22N4/c1-17-8-9(7-15-17)5-6-12(16-14)13-10-3-2-4-11(10)13/h7-8,10-13,16H,2-6,14H2,1H3. The SMILES string of the molecule is Cn1cc(CCC(NN)C2C3CCCC32)cn1. The molecule has 94 valence electrons. The summed E-state index contributed by atoms with van der Waals surface area (Å²) >= 11 is 0. The Morgan fingerprint density at radius 2 is 2.29 bits per heavy atom. The van der Waals surface area contributed by atoms with Crippen molar-refractivity contribution in [3.05, 3.63) is 18.0 Å². The highest BCUT2D eigenvalue weighted by atomic mass is 15.2. The zero-order valence-corrected chi connectivity index (χ0v) is 10.5. The number of hydrogen-bond acceptors (Lipinski definition) is 3. The van der Waals surface area contributed by atoms with E-state index in [2.05, 4.69) is 16.7 Å². The number of hydrazine groups is 1. The molecular weight excluding hydrogens is 212 g/mol. The Balaban J connectivity index is 1.53. The van der Waals surface area contributed by atoms with Crippen molar-refractivity contribution in [2.75, 3.05) is 0 Å². The Bertz CT molecular complexity index is 377. The summed E-state index contributed by atoms with van der Waals surface area (Å²) in [7, 11) is 1.97. The molecule has 2 saturated carbocycles. The van der Waals surface area contributed by atoms with Gasteiger partial charge in [0.1, 0.15) is 0 Å². The van der Waals surface area contributed by atoms with Crippen LogP contribution in [0.2, 0.25) is 0 Å². The van der Waals surface area contributed by atoms with E-state index >= 15 is 0 Å². The number of rotatable bonds is 5. The first-order chi connectivity index (χ1) is 8.29. The van der Waals surface area contributed by atoms with Crippen molar-refractivity contribution in [3.8, 4) is 0 Å². The molecule has 3 unspecified atom stereocenters. The second-order valence-corrected chi connectivity index (χ2v) is 5.67. The number of hydrogen-bond donors (Lipinski definition) is 2. The number of nitrogens with zero attached hydrogens (tertiary/aromatic N) is 2. The normalized spacial score (nSPS) is 32.5. The minimum Gasteiger partial charge on any atom is -0.276 e. The average Bonchev–Trinajstić information content (AvgIpc) is 2.72. The summed E-state index contributed by atoms with van der Waals surface area (Å²) in [5.41, 5.74) is 4.36. The predicted molar refractivity (Wildman–Crippen MR) is 67.0 cm³/mol. The lowest BCUT2D eigenvalue weighted by molar-refractivity contribution is 0.391. The molecule has 1 aromatic heterocycles. The van der Waals surface area contributed by atoms with Crippen LogP contribution >= 0.6 is 0 Å². The summed E-state index contributed by atoms with van der Waals surface area (Å²) in [5, 5.41) is 4.20. The van der Waals surface area contributed by atoms with E-state index < -0.39 is 0 Å². The van der Waals surface area contributed by atoms with Crippen LogP contribution in [0.1, 0.15) is 31.2 Å². The van der Waals surface area contributed by atoms with Crippen molar-refractivity contribution in [2.45, 2.75) is 38.1 Å². The molecule has 4 nitrogen and oxygen atoms in total. The molecule has 0 aromatic carbocycles. The van der Waals surface area contributed by atoms with E-state index in [1.165, 1.54) is 24.8 Å². The first-order valence-electron chi connectivity index (χ1n) is 6.73. The van der Waals surface area contributed by atoms with Gasteiger partial charge in [0, 0.05) is 19.3 Å². The van der Waals surface area contributed by atoms with Crippen LogP contribution in [0.5, 0.6) is 0 Å². The van der Waals surface area contributed by atoms with E-state index in [0.717, 1.165) is 30.6 Å². The van der Waals surface area contributed by atoms with Gasteiger partial charge < -0.3 is 0 Å². The van der Waals surface area contributed by atoms with Gasteiger partial charge in [-0.2, -0.15) is 5.10 Å². The lowest BCUT2D eigenvalue weighted by Gasteiger charge is -2.17. The molecule has 1 heterocycles. The molecule has 0 radical (unpaired) electrons. The Labute approximate surface area is 103 Å². The summed E-state index contributed by atoms with van der Waals surface area (Å²) in [6, 6.07) is 0.505. The van der Waals surface area contributed by atoms with Gasteiger partial charge in [-0.3, -0.25) is 16.0 Å². The molecule has 2 fully saturated rings. The summed E-state index contributed by atoms with van der Waals surface area (Å²) in [6.45, 7) is 0. The summed E-state index contributed by atoms with van der Waals surface area (Å²) in [4.78, 5) is 0. The van der Waals surface area contributed by atoms with Crippen molar-refractivity contribution in [1.82, 2.24) is 15.2 Å². The van der Waals surface area contributed by atoms with E-state index in [1.54, 1.807) is 0 Å². The van der Waals surface area contributed by atoms with Crippen molar-refractivity contribution < 1.29 is 0 Å². The lowest BCUT2D eigenvalue weighted by atomic mass is 9.99. The second-order valence-electron chi connectivity index (χ2n) is 5.67. The Morgan fingerprint density at radius 3 is 2.88 bits per heavy atom. The van der Waals surface area contributed by atoms with E-state index in [9.17, 15) is 0 Å². The smallest absolute Gasteiger partial charge is 0.0521 e. The molecule has 3 N–H and O–H groups in total. The Morgan fingerprint density at radius 1 is 1.53 bits per heavy atom. The Kier molecular flexibility index (Phi) is 2.92. The molecule has 2 aliphatic carbocycles. The van der Waals surface area contributed by atoms with Crippen LogP contribution in [0.3, 0.4) is 0 Å². The minimum atomic E-state index is 0.505. The average molecular weight is 234 g/mol. The zero-order valence-electron chi connectivity index (χ0n) is 10.5. The van der Waals surface area contributed by atoms with Crippen LogP contribution in [-0.4, -0.2) is 15.8 Å². The van der Waals surface area contributed by atoms with Crippen LogP contribution in [0.25, 0.3) is 0 Å². The summed E-state index contributed by atoms with van der Waals surface area (Å²) < 4.78 is 1.87. The highest BCUT2D eigenvalue weighted by Crippen LogP contribution is 2.59.